The summed E-state index contributed by atoms with van der Waals surface area (Å²) in [5.74, 6) is 1.18. The summed E-state index contributed by atoms with van der Waals surface area (Å²) in [6.07, 6.45) is 6.08. The Labute approximate surface area is 129 Å². The summed E-state index contributed by atoms with van der Waals surface area (Å²) in [7, 11) is 0. The number of rotatable bonds is 6. The Morgan fingerprint density at radius 3 is 2.62 bits per heavy atom. The second-order valence-corrected chi connectivity index (χ2v) is 6.70. The van der Waals surface area contributed by atoms with Crippen LogP contribution in [0.15, 0.2) is 24.3 Å². The van der Waals surface area contributed by atoms with Gasteiger partial charge in [0.1, 0.15) is 5.75 Å². The van der Waals surface area contributed by atoms with Gasteiger partial charge in [0.05, 0.1) is 0 Å². The molecule has 1 aromatic carbocycles. The number of nitrogens with zero attached hydrogens (tertiary/aromatic N) is 1. The maximum Gasteiger partial charge on any atom is 0.115 e. The van der Waals surface area contributed by atoms with Crippen molar-refractivity contribution in [1.82, 2.24) is 4.90 Å². The zero-order valence-electron chi connectivity index (χ0n) is 13.5. The fraction of sp³-hybridized carbons (Fsp3) is 0.667. The SMILES string of the molecule is CCCN(Cc1cccc(O)c1)C1(CN)CCC(C)CC1. The highest BCUT2D eigenvalue weighted by Gasteiger charge is 2.37. The van der Waals surface area contributed by atoms with Crippen molar-refractivity contribution in [2.24, 2.45) is 11.7 Å². The third-order valence-electron chi connectivity index (χ3n) is 5.03. The third-order valence-corrected chi connectivity index (χ3v) is 5.03. The van der Waals surface area contributed by atoms with E-state index in [1.54, 1.807) is 6.07 Å². The maximum absolute atomic E-state index is 9.68. The van der Waals surface area contributed by atoms with Gasteiger partial charge in [-0.25, -0.2) is 0 Å². The molecule has 0 atom stereocenters. The van der Waals surface area contributed by atoms with Crippen molar-refractivity contribution in [2.45, 2.75) is 58.0 Å². The first-order chi connectivity index (χ1) is 10.1. The molecule has 2 rings (SSSR count). The lowest BCUT2D eigenvalue weighted by Gasteiger charge is -2.47. The highest BCUT2D eigenvalue weighted by atomic mass is 16.3. The standard InChI is InChI=1S/C18H30N2O/c1-3-11-20(13-16-5-4-6-17(21)12-16)18(14-19)9-7-15(2)8-10-18/h4-6,12,15,21H,3,7-11,13-14,19H2,1-2H3. The van der Waals surface area contributed by atoms with Gasteiger partial charge in [0.15, 0.2) is 0 Å². The van der Waals surface area contributed by atoms with Gasteiger partial charge in [-0.2, -0.15) is 0 Å². The average Bonchev–Trinajstić information content (AvgIpc) is 2.48. The maximum atomic E-state index is 9.68. The van der Waals surface area contributed by atoms with E-state index >= 15 is 0 Å². The number of hydrogen-bond acceptors (Lipinski definition) is 3. The largest absolute Gasteiger partial charge is 0.508 e. The molecule has 0 amide bonds. The van der Waals surface area contributed by atoms with Gasteiger partial charge < -0.3 is 10.8 Å². The number of benzene rings is 1. The first-order valence-electron chi connectivity index (χ1n) is 8.32. The summed E-state index contributed by atoms with van der Waals surface area (Å²) in [5, 5.41) is 9.68. The molecular weight excluding hydrogens is 260 g/mol. The summed E-state index contributed by atoms with van der Waals surface area (Å²) in [6, 6.07) is 7.62. The van der Waals surface area contributed by atoms with Crippen LogP contribution in [0.25, 0.3) is 0 Å². The van der Waals surface area contributed by atoms with E-state index in [-0.39, 0.29) is 5.54 Å². The molecule has 0 saturated heterocycles. The van der Waals surface area contributed by atoms with Gasteiger partial charge in [0.2, 0.25) is 0 Å². The van der Waals surface area contributed by atoms with Crippen LogP contribution >= 0.6 is 0 Å². The smallest absolute Gasteiger partial charge is 0.115 e. The molecule has 0 unspecified atom stereocenters. The first-order valence-corrected chi connectivity index (χ1v) is 8.32. The van der Waals surface area contributed by atoms with Crippen LogP contribution in [0.1, 0.15) is 51.5 Å². The van der Waals surface area contributed by atoms with Crippen LogP contribution in [0.3, 0.4) is 0 Å². The molecule has 3 nitrogen and oxygen atoms in total. The summed E-state index contributed by atoms with van der Waals surface area (Å²) in [5.41, 5.74) is 7.53. The van der Waals surface area contributed by atoms with Crippen LogP contribution in [-0.4, -0.2) is 28.6 Å². The van der Waals surface area contributed by atoms with Crippen molar-refractivity contribution in [3.8, 4) is 5.75 Å². The van der Waals surface area contributed by atoms with Gasteiger partial charge in [0, 0.05) is 18.6 Å². The second kappa shape index (κ2) is 7.28. The van der Waals surface area contributed by atoms with E-state index in [1.165, 1.54) is 31.2 Å². The summed E-state index contributed by atoms with van der Waals surface area (Å²) >= 11 is 0. The number of aromatic hydroxyl groups is 1. The second-order valence-electron chi connectivity index (χ2n) is 6.70. The Kier molecular flexibility index (Phi) is 5.65. The van der Waals surface area contributed by atoms with Crippen molar-refractivity contribution in [2.75, 3.05) is 13.1 Å². The van der Waals surface area contributed by atoms with E-state index in [1.807, 2.05) is 12.1 Å². The van der Waals surface area contributed by atoms with Gasteiger partial charge in [0.25, 0.3) is 0 Å². The van der Waals surface area contributed by atoms with Gasteiger partial charge >= 0.3 is 0 Å². The number of hydrogen-bond donors (Lipinski definition) is 2. The monoisotopic (exact) mass is 290 g/mol. The van der Waals surface area contributed by atoms with Crippen molar-refractivity contribution in [1.29, 1.82) is 0 Å². The molecule has 0 heterocycles. The minimum Gasteiger partial charge on any atom is -0.508 e. The normalized spacial score (nSPS) is 26.2. The Hall–Kier alpha value is -1.06. The van der Waals surface area contributed by atoms with Crippen molar-refractivity contribution >= 4 is 0 Å². The van der Waals surface area contributed by atoms with E-state index in [2.05, 4.69) is 24.8 Å². The van der Waals surface area contributed by atoms with Gasteiger partial charge in [-0.3, -0.25) is 4.90 Å². The predicted octanol–water partition coefficient (Wildman–Crippen LogP) is 3.51. The first kappa shape index (κ1) is 16.3. The number of nitrogens with two attached hydrogens (primary N) is 1. The van der Waals surface area contributed by atoms with Crippen molar-refractivity contribution in [3.63, 3.8) is 0 Å². The van der Waals surface area contributed by atoms with Crippen LogP contribution in [0, 0.1) is 5.92 Å². The van der Waals surface area contributed by atoms with E-state index in [0.717, 1.165) is 32.0 Å². The van der Waals surface area contributed by atoms with E-state index in [0.29, 0.717) is 5.75 Å². The molecule has 1 aromatic rings. The molecule has 3 heteroatoms. The van der Waals surface area contributed by atoms with Gasteiger partial charge in [-0.05, 0) is 62.3 Å². The molecule has 0 spiro atoms. The van der Waals surface area contributed by atoms with Crippen LogP contribution in [-0.2, 0) is 6.54 Å². The zero-order valence-corrected chi connectivity index (χ0v) is 13.5. The quantitative estimate of drug-likeness (QED) is 0.843. The average molecular weight is 290 g/mol. The molecule has 0 bridgehead atoms. The molecule has 118 valence electrons. The third kappa shape index (κ3) is 3.98. The van der Waals surface area contributed by atoms with Crippen LogP contribution in [0.4, 0.5) is 0 Å². The summed E-state index contributed by atoms with van der Waals surface area (Å²) in [4.78, 5) is 2.56. The van der Waals surface area contributed by atoms with E-state index in [9.17, 15) is 5.11 Å². The van der Waals surface area contributed by atoms with Crippen LogP contribution in [0.2, 0.25) is 0 Å². The highest BCUT2D eigenvalue weighted by molar-refractivity contribution is 5.27. The van der Waals surface area contributed by atoms with E-state index < -0.39 is 0 Å². The number of phenolic OH excluding ortho intramolecular Hbond substituents is 1. The minimum atomic E-state index is 0.147. The molecule has 1 aliphatic carbocycles. The molecule has 3 N–H and O–H groups in total. The molecule has 1 saturated carbocycles. The van der Waals surface area contributed by atoms with E-state index in [4.69, 9.17) is 5.73 Å². The Morgan fingerprint density at radius 1 is 1.33 bits per heavy atom. The lowest BCUT2D eigenvalue weighted by atomic mass is 9.75. The molecule has 0 aliphatic heterocycles. The lowest BCUT2D eigenvalue weighted by molar-refractivity contribution is 0.0376. The van der Waals surface area contributed by atoms with Crippen molar-refractivity contribution in [3.05, 3.63) is 29.8 Å². The summed E-state index contributed by atoms with van der Waals surface area (Å²) < 4.78 is 0. The molecular formula is C18H30N2O. The van der Waals surface area contributed by atoms with Gasteiger partial charge in [-0.15, -0.1) is 0 Å². The predicted molar refractivity (Wildman–Crippen MR) is 88.2 cm³/mol. The fourth-order valence-corrected chi connectivity index (χ4v) is 3.58. The molecule has 1 aliphatic rings. The van der Waals surface area contributed by atoms with Gasteiger partial charge in [-0.1, -0.05) is 26.0 Å². The Morgan fingerprint density at radius 2 is 2.05 bits per heavy atom. The molecule has 21 heavy (non-hydrogen) atoms. The van der Waals surface area contributed by atoms with Crippen molar-refractivity contribution < 1.29 is 5.11 Å². The molecule has 0 aromatic heterocycles. The zero-order chi connectivity index (χ0) is 15.3. The molecule has 1 fully saturated rings. The van der Waals surface area contributed by atoms with Crippen LogP contribution < -0.4 is 5.73 Å². The topological polar surface area (TPSA) is 49.5 Å². The molecule has 0 radical (unpaired) electrons. The summed E-state index contributed by atoms with van der Waals surface area (Å²) in [6.45, 7) is 7.26. The Bertz CT molecular complexity index is 439. The Balaban J connectivity index is 2.16. The lowest BCUT2D eigenvalue weighted by Crippen LogP contribution is -2.55. The minimum absolute atomic E-state index is 0.147. The van der Waals surface area contributed by atoms with Crippen LogP contribution in [0.5, 0.6) is 5.75 Å². The fourth-order valence-electron chi connectivity index (χ4n) is 3.58. The highest BCUT2D eigenvalue weighted by Crippen LogP contribution is 2.37. The number of phenols is 1.